The van der Waals surface area contributed by atoms with Gasteiger partial charge in [0.25, 0.3) is 0 Å². The molecule has 8 nitrogen and oxygen atoms in total. The Balaban J connectivity index is 1.26. The standard InChI is InChI=1S/C33H24N2O6/c1-21(39-25-17-27(36)32-28(37)20-29(40-30(32)18-25)23-13-7-3-8-14-23)33(38)41-31-19-26(22-11-5-2-6-12-22)35(34-31)24-15-9-4-10-16-24/h2-21,36H,1H3. The monoisotopic (exact) mass is 544 g/mol. The molecule has 2 heterocycles. The Labute approximate surface area is 234 Å². The predicted octanol–water partition coefficient (Wildman–Crippen LogP) is 6.39. The van der Waals surface area contributed by atoms with Crippen LogP contribution in [-0.4, -0.2) is 27.0 Å². The highest BCUT2D eigenvalue weighted by molar-refractivity contribution is 5.86. The molecule has 41 heavy (non-hydrogen) atoms. The van der Waals surface area contributed by atoms with Gasteiger partial charge in [0, 0.05) is 35.4 Å². The number of ether oxygens (including phenoxy) is 2. The first-order valence-electron chi connectivity index (χ1n) is 12.9. The number of nitrogens with zero attached hydrogens (tertiary/aromatic N) is 2. The first-order valence-corrected chi connectivity index (χ1v) is 12.9. The molecule has 0 saturated heterocycles. The van der Waals surface area contributed by atoms with Crippen molar-refractivity contribution in [1.82, 2.24) is 9.78 Å². The number of phenolic OH excluding ortho intramolecular Hbond substituents is 1. The number of carbonyl (C=O) groups excluding carboxylic acids is 1. The van der Waals surface area contributed by atoms with Crippen LogP contribution in [0.25, 0.3) is 39.2 Å². The van der Waals surface area contributed by atoms with Gasteiger partial charge < -0.3 is 19.0 Å². The minimum Gasteiger partial charge on any atom is -0.507 e. The number of benzene rings is 4. The van der Waals surface area contributed by atoms with Crippen molar-refractivity contribution in [2.45, 2.75) is 13.0 Å². The molecule has 6 rings (SSSR count). The second-order valence-corrected chi connectivity index (χ2v) is 9.32. The smallest absolute Gasteiger partial charge is 0.353 e. The zero-order chi connectivity index (χ0) is 28.3. The van der Waals surface area contributed by atoms with E-state index >= 15 is 0 Å². The normalized spacial score (nSPS) is 11.7. The third-order valence-electron chi connectivity index (χ3n) is 6.45. The molecule has 0 spiro atoms. The van der Waals surface area contributed by atoms with Crippen LogP contribution < -0.4 is 14.9 Å². The van der Waals surface area contributed by atoms with E-state index in [0.717, 1.165) is 16.9 Å². The van der Waals surface area contributed by atoms with Gasteiger partial charge in [0.2, 0.25) is 5.88 Å². The number of rotatable bonds is 7. The summed E-state index contributed by atoms with van der Waals surface area (Å²) in [5, 5.41) is 15.1. The van der Waals surface area contributed by atoms with E-state index in [1.807, 2.05) is 91.0 Å². The number of hydrogen-bond acceptors (Lipinski definition) is 7. The second-order valence-electron chi connectivity index (χ2n) is 9.32. The number of carbonyl (C=O) groups is 1. The molecular formula is C33H24N2O6. The number of phenols is 1. The molecule has 1 unspecified atom stereocenters. The number of aromatic nitrogens is 2. The minimum atomic E-state index is -1.07. The fourth-order valence-electron chi connectivity index (χ4n) is 4.48. The number of hydrogen-bond donors (Lipinski definition) is 1. The van der Waals surface area contributed by atoms with Crippen LogP contribution in [0, 0.1) is 0 Å². The van der Waals surface area contributed by atoms with Crippen LogP contribution in [-0.2, 0) is 4.79 Å². The van der Waals surface area contributed by atoms with Gasteiger partial charge in [-0.2, -0.15) is 0 Å². The molecule has 0 amide bonds. The summed E-state index contributed by atoms with van der Waals surface area (Å²) >= 11 is 0. The molecule has 0 radical (unpaired) electrons. The van der Waals surface area contributed by atoms with Gasteiger partial charge in [-0.25, -0.2) is 9.48 Å². The highest BCUT2D eigenvalue weighted by atomic mass is 16.6. The Morgan fingerprint density at radius 1 is 0.854 bits per heavy atom. The van der Waals surface area contributed by atoms with Gasteiger partial charge in [0.15, 0.2) is 11.5 Å². The fraction of sp³-hybridized carbons (Fsp3) is 0.0606. The highest BCUT2D eigenvalue weighted by Crippen LogP contribution is 2.32. The summed E-state index contributed by atoms with van der Waals surface area (Å²) in [4.78, 5) is 25.7. The van der Waals surface area contributed by atoms with E-state index in [2.05, 4.69) is 5.10 Å². The van der Waals surface area contributed by atoms with Crippen molar-refractivity contribution in [1.29, 1.82) is 0 Å². The first kappa shape index (κ1) is 25.6. The van der Waals surface area contributed by atoms with E-state index in [-0.39, 0.29) is 28.3 Å². The molecule has 0 aliphatic rings. The fourth-order valence-corrected chi connectivity index (χ4v) is 4.48. The molecule has 0 saturated carbocycles. The minimum absolute atomic E-state index is 0.0205. The quantitative estimate of drug-likeness (QED) is 0.232. The van der Waals surface area contributed by atoms with Gasteiger partial charge in [-0.3, -0.25) is 4.79 Å². The predicted molar refractivity (Wildman–Crippen MR) is 154 cm³/mol. The number of para-hydroxylation sites is 1. The molecule has 1 N–H and O–H groups in total. The van der Waals surface area contributed by atoms with Crippen LogP contribution >= 0.6 is 0 Å². The third kappa shape index (κ3) is 5.31. The van der Waals surface area contributed by atoms with Gasteiger partial charge in [-0.05, 0) is 19.1 Å². The Bertz CT molecular complexity index is 1840. The molecule has 0 aliphatic heterocycles. The summed E-state index contributed by atoms with van der Waals surface area (Å²) in [7, 11) is 0. The lowest BCUT2D eigenvalue weighted by molar-refractivity contribution is -0.141. The maximum Gasteiger partial charge on any atom is 0.353 e. The summed E-state index contributed by atoms with van der Waals surface area (Å²) < 4.78 is 19.0. The van der Waals surface area contributed by atoms with Crippen molar-refractivity contribution in [3.05, 3.63) is 125 Å². The number of esters is 1. The summed E-state index contributed by atoms with van der Waals surface area (Å²) in [6, 6.07) is 34.1. The van der Waals surface area contributed by atoms with Crippen molar-refractivity contribution in [2.24, 2.45) is 0 Å². The van der Waals surface area contributed by atoms with Crippen molar-refractivity contribution in [3.63, 3.8) is 0 Å². The highest BCUT2D eigenvalue weighted by Gasteiger charge is 2.22. The van der Waals surface area contributed by atoms with Gasteiger partial charge >= 0.3 is 5.97 Å². The van der Waals surface area contributed by atoms with Crippen LogP contribution in [0.3, 0.4) is 0 Å². The van der Waals surface area contributed by atoms with E-state index < -0.39 is 17.5 Å². The van der Waals surface area contributed by atoms with Crippen molar-refractivity contribution >= 4 is 16.9 Å². The Kier molecular flexibility index (Phi) is 6.79. The summed E-state index contributed by atoms with van der Waals surface area (Å²) in [5.74, 6) is -0.433. The molecule has 202 valence electrons. The average molecular weight is 545 g/mol. The van der Waals surface area contributed by atoms with E-state index in [1.165, 1.54) is 25.1 Å². The Morgan fingerprint density at radius 2 is 1.49 bits per heavy atom. The second kappa shape index (κ2) is 10.9. The molecule has 8 heteroatoms. The average Bonchev–Trinajstić information content (AvgIpc) is 3.42. The molecule has 0 fully saturated rings. The third-order valence-corrected chi connectivity index (χ3v) is 6.45. The molecule has 6 aromatic rings. The molecule has 0 bridgehead atoms. The molecular weight excluding hydrogens is 520 g/mol. The van der Waals surface area contributed by atoms with E-state index in [9.17, 15) is 14.7 Å². The molecule has 2 aromatic heterocycles. The first-order chi connectivity index (χ1) is 20.0. The van der Waals surface area contributed by atoms with Gasteiger partial charge in [0.05, 0.1) is 11.4 Å². The Hall–Kier alpha value is -5.63. The van der Waals surface area contributed by atoms with Crippen LogP contribution in [0.5, 0.6) is 17.4 Å². The van der Waals surface area contributed by atoms with Crippen molar-refractivity contribution < 1.29 is 23.8 Å². The summed E-state index contributed by atoms with van der Waals surface area (Å²) in [6.45, 7) is 1.52. The number of aromatic hydroxyl groups is 1. The lowest BCUT2D eigenvalue weighted by atomic mass is 10.1. The maximum atomic E-state index is 13.0. The van der Waals surface area contributed by atoms with Crippen LogP contribution in [0.1, 0.15) is 6.92 Å². The lowest BCUT2D eigenvalue weighted by Gasteiger charge is -2.14. The van der Waals surface area contributed by atoms with Crippen LogP contribution in [0.2, 0.25) is 0 Å². The Morgan fingerprint density at radius 3 is 2.17 bits per heavy atom. The molecule has 4 aromatic carbocycles. The van der Waals surface area contributed by atoms with E-state index in [1.54, 1.807) is 10.7 Å². The number of fused-ring (bicyclic) bond motifs is 1. The topological polar surface area (TPSA) is 104 Å². The van der Waals surface area contributed by atoms with Crippen LogP contribution in [0.4, 0.5) is 0 Å². The van der Waals surface area contributed by atoms with Gasteiger partial charge in [-0.1, -0.05) is 78.9 Å². The summed E-state index contributed by atoms with van der Waals surface area (Å²) in [5.41, 5.74) is 2.89. The SMILES string of the molecule is CC(Oc1cc(O)c2c(=O)cc(-c3ccccc3)oc2c1)C(=O)Oc1cc(-c2ccccc2)n(-c2ccccc2)n1. The zero-order valence-electron chi connectivity index (χ0n) is 21.9. The van der Waals surface area contributed by atoms with Gasteiger partial charge in [0.1, 0.15) is 28.2 Å². The molecule has 1 atom stereocenters. The van der Waals surface area contributed by atoms with Crippen LogP contribution in [0.15, 0.2) is 124 Å². The van der Waals surface area contributed by atoms with Crippen molar-refractivity contribution in [2.75, 3.05) is 0 Å². The largest absolute Gasteiger partial charge is 0.507 e. The zero-order valence-corrected chi connectivity index (χ0v) is 21.9. The lowest BCUT2D eigenvalue weighted by Crippen LogP contribution is -2.28. The van der Waals surface area contributed by atoms with E-state index in [0.29, 0.717) is 11.3 Å². The van der Waals surface area contributed by atoms with E-state index in [4.69, 9.17) is 13.9 Å². The van der Waals surface area contributed by atoms with Gasteiger partial charge in [-0.15, -0.1) is 5.10 Å². The summed E-state index contributed by atoms with van der Waals surface area (Å²) in [6.07, 6.45) is -1.07. The van der Waals surface area contributed by atoms with Crippen molar-refractivity contribution in [3.8, 4) is 45.6 Å². The molecule has 0 aliphatic carbocycles. The maximum absolute atomic E-state index is 13.0.